The van der Waals surface area contributed by atoms with Gasteiger partial charge in [-0.2, -0.15) is 0 Å². The maximum absolute atomic E-state index is 11.6. The van der Waals surface area contributed by atoms with E-state index in [0.717, 1.165) is 5.56 Å². The van der Waals surface area contributed by atoms with Gasteiger partial charge in [-0.05, 0) is 33.3 Å². The summed E-state index contributed by atoms with van der Waals surface area (Å²) in [6.07, 6.45) is 2.03. The third-order valence-corrected chi connectivity index (χ3v) is 2.46. The molecule has 19 heavy (non-hydrogen) atoms. The summed E-state index contributed by atoms with van der Waals surface area (Å²) < 4.78 is 5.57. The van der Waals surface area contributed by atoms with E-state index < -0.39 is 6.10 Å². The fourth-order valence-electron chi connectivity index (χ4n) is 1.51. The molecule has 1 heterocycles. The van der Waals surface area contributed by atoms with E-state index in [2.05, 4.69) is 10.3 Å². The minimum atomic E-state index is -0.455. The van der Waals surface area contributed by atoms with Crippen LogP contribution in [0.2, 0.25) is 0 Å². The molecule has 1 amide bonds. The summed E-state index contributed by atoms with van der Waals surface area (Å²) in [7, 11) is 0. The number of aromatic nitrogens is 1. The number of nitrogens with zero attached hydrogens (tertiary/aromatic N) is 1. The molecule has 1 unspecified atom stereocenters. The Balaban J connectivity index is 2.50. The van der Waals surface area contributed by atoms with Crippen LogP contribution in [0.4, 0.5) is 0 Å². The van der Waals surface area contributed by atoms with Crippen molar-refractivity contribution in [2.45, 2.75) is 52.4 Å². The van der Waals surface area contributed by atoms with E-state index >= 15 is 0 Å². The van der Waals surface area contributed by atoms with Gasteiger partial charge in [-0.3, -0.25) is 4.79 Å². The van der Waals surface area contributed by atoms with E-state index in [9.17, 15) is 4.79 Å². The van der Waals surface area contributed by atoms with Crippen LogP contribution >= 0.6 is 0 Å². The molecule has 5 heteroatoms. The number of ether oxygens (including phenoxy) is 1. The molecule has 0 fully saturated rings. The van der Waals surface area contributed by atoms with Gasteiger partial charge in [-0.15, -0.1) is 0 Å². The van der Waals surface area contributed by atoms with Crippen molar-refractivity contribution < 1.29 is 14.6 Å². The molecule has 0 spiro atoms. The van der Waals surface area contributed by atoms with Gasteiger partial charge in [0.2, 0.25) is 11.8 Å². The number of aliphatic hydroxyl groups excluding tert-OH is 1. The molecule has 0 aliphatic heterocycles. The molecule has 1 rings (SSSR count). The van der Waals surface area contributed by atoms with Crippen LogP contribution in [0, 0.1) is 0 Å². The second kappa shape index (κ2) is 7.74. The normalized spacial score (nSPS) is 12.3. The minimum absolute atomic E-state index is 0.0413. The summed E-state index contributed by atoms with van der Waals surface area (Å²) in [4.78, 5) is 15.7. The molecule has 1 aromatic heterocycles. The van der Waals surface area contributed by atoms with Crippen LogP contribution in [-0.4, -0.2) is 28.2 Å². The molecule has 0 saturated heterocycles. The maximum atomic E-state index is 11.6. The number of carbonyl (C=O) groups is 1. The summed E-state index contributed by atoms with van der Waals surface area (Å²) in [6, 6.07) is 3.68. The van der Waals surface area contributed by atoms with Crippen molar-refractivity contribution in [2.24, 2.45) is 0 Å². The average Bonchev–Trinajstić information content (AvgIpc) is 2.34. The first-order valence-corrected chi connectivity index (χ1v) is 6.54. The first kappa shape index (κ1) is 15.4. The zero-order chi connectivity index (χ0) is 14.3. The molecule has 0 aliphatic carbocycles. The van der Waals surface area contributed by atoms with Crippen LogP contribution in [0.15, 0.2) is 18.3 Å². The van der Waals surface area contributed by atoms with E-state index in [1.165, 1.54) is 0 Å². The van der Waals surface area contributed by atoms with Crippen LogP contribution in [-0.2, 0) is 11.3 Å². The van der Waals surface area contributed by atoms with Gasteiger partial charge in [0.15, 0.2) is 0 Å². The molecule has 2 N–H and O–H groups in total. The number of carbonyl (C=O) groups excluding carboxylic acids is 1. The second-order valence-corrected chi connectivity index (χ2v) is 4.80. The van der Waals surface area contributed by atoms with Gasteiger partial charge in [-0.1, -0.05) is 6.07 Å². The summed E-state index contributed by atoms with van der Waals surface area (Å²) in [5.74, 6) is 0.466. The second-order valence-electron chi connectivity index (χ2n) is 4.80. The Morgan fingerprint density at radius 1 is 1.47 bits per heavy atom. The highest BCUT2D eigenvalue weighted by atomic mass is 16.5. The lowest BCUT2D eigenvalue weighted by atomic mass is 10.2. The predicted molar refractivity (Wildman–Crippen MR) is 72.8 cm³/mol. The molecule has 0 saturated carbocycles. The SMILES string of the molecule is CC(O)CCC(=O)NCc1cccnc1OC(C)C. The number of nitrogens with one attached hydrogen (secondary N) is 1. The van der Waals surface area contributed by atoms with Crippen molar-refractivity contribution in [3.8, 4) is 5.88 Å². The number of amides is 1. The first-order valence-electron chi connectivity index (χ1n) is 6.54. The van der Waals surface area contributed by atoms with Gasteiger partial charge in [0.05, 0.1) is 12.2 Å². The van der Waals surface area contributed by atoms with Crippen molar-refractivity contribution in [3.05, 3.63) is 23.9 Å². The fourth-order valence-corrected chi connectivity index (χ4v) is 1.51. The van der Waals surface area contributed by atoms with E-state index in [1.54, 1.807) is 13.1 Å². The molecule has 1 atom stereocenters. The van der Waals surface area contributed by atoms with Crippen molar-refractivity contribution in [1.82, 2.24) is 10.3 Å². The molecular weight excluding hydrogens is 244 g/mol. The van der Waals surface area contributed by atoms with Crippen molar-refractivity contribution >= 4 is 5.91 Å². The summed E-state index contributed by atoms with van der Waals surface area (Å²) >= 11 is 0. The molecule has 0 aromatic carbocycles. The average molecular weight is 266 g/mol. The molecule has 0 radical (unpaired) electrons. The maximum Gasteiger partial charge on any atom is 0.220 e. The molecule has 0 aliphatic rings. The molecule has 106 valence electrons. The third kappa shape index (κ3) is 6.20. The Morgan fingerprint density at radius 3 is 2.84 bits per heavy atom. The van der Waals surface area contributed by atoms with Crippen LogP contribution in [0.5, 0.6) is 5.88 Å². The lowest BCUT2D eigenvalue weighted by Gasteiger charge is -2.13. The topological polar surface area (TPSA) is 71.5 Å². The standard InChI is InChI=1S/C14H22N2O3/c1-10(2)19-14-12(5-4-8-15-14)9-16-13(18)7-6-11(3)17/h4-5,8,10-11,17H,6-7,9H2,1-3H3,(H,16,18). The van der Waals surface area contributed by atoms with Crippen LogP contribution < -0.4 is 10.1 Å². The summed E-state index contributed by atoms with van der Waals surface area (Å²) in [6.45, 7) is 5.91. The van der Waals surface area contributed by atoms with E-state index in [0.29, 0.717) is 25.3 Å². The predicted octanol–water partition coefficient (Wildman–Crippen LogP) is 1.65. The van der Waals surface area contributed by atoms with Crippen molar-refractivity contribution in [3.63, 3.8) is 0 Å². The molecular formula is C14H22N2O3. The lowest BCUT2D eigenvalue weighted by molar-refractivity contribution is -0.121. The zero-order valence-electron chi connectivity index (χ0n) is 11.7. The number of aliphatic hydroxyl groups is 1. The van der Waals surface area contributed by atoms with Crippen molar-refractivity contribution in [2.75, 3.05) is 0 Å². The molecule has 0 bridgehead atoms. The van der Waals surface area contributed by atoms with Gasteiger partial charge in [0.1, 0.15) is 0 Å². The summed E-state index contributed by atoms with van der Waals surface area (Å²) in [5, 5.41) is 11.9. The third-order valence-electron chi connectivity index (χ3n) is 2.46. The highest BCUT2D eigenvalue weighted by molar-refractivity contribution is 5.75. The Kier molecular flexibility index (Phi) is 6.29. The quantitative estimate of drug-likeness (QED) is 0.787. The number of pyridine rings is 1. The van der Waals surface area contributed by atoms with Gasteiger partial charge < -0.3 is 15.2 Å². The van der Waals surface area contributed by atoms with Gasteiger partial charge in [-0.25, -0.2) is 4.98 Å². The van der Waals surface area contributed by atoms with Gasteiger partial charge in [0, 0.05) is 24.7 Å². The lowest BCUT2D eigenvalue weighted by Crippen LogP contribution is -2.24. The van der Waals surface area contributed by atoms with E-state index in [4.69, 9.17) is 9.84 Å². The van der Waals surface area contributed by atoms with E-state index in [1.807, 2.05) is 26.0 Å². The molecule has 1 aromatic rings. The van der Waals surface area contributed by atoms with Gasteiger partial charge >= 0.3 is 0 Å². The van der Waals surface area contributed by atoms with E-state index in [-0.39, 0.29) is 12.0 Å². The van der Waals surface area contributed by atoms with Crippen molar-refractivity contribution in [1.29, 1.82) is 0 Å². The Labute approximate surface area is 114 Å². The zero-order valence-corrected chi connectivity index (χ0v) is 11.7. The number of hydrogen-bond acceptors (Lipinski definition) is 4. The van der Waals surface area contributed by atoms with Crippen LogP contribution in [0.1, 0.15) is 39.2 Å². The number of hydrogen-bond donors (Lipinski definition) is 2. The number of rotatable bonds is 7. The molecule has 5 nitrogen and oxygen atoms in total. The Morgan fingerprint density at radius 2 is 2.21 bits per heavy atom. The first-order chi connectivity index (χ1) is 8.99. The minimum Gasteiger partial charge on any atom is -0.475 e. The summed E-state index contributed by atoms with van der Waals surface area (Å²) in [5.41, 5.74) is 0.849. The Bertz CT molecular complexity index is 405. The van der Waals surface area contributed by atoms with Crippen LogP contribution in [0.25, 0.3) is 0 Å². The smallest absolute Gasteiger partial charge is 0.220 e. The monoisotopic (exact) mass is 266 g/mol. The largest absolute Gasteiger partial charge is 0.475 e. The Hall–Kier alpha value is -1.62. The highest BCUT2D eigenvalue weighted by Gasteiger charge is 2.09. The highest BCUT2D eigenvalue weighted by Crippen LogP contribution is 2.15. The fraction of sp³-hybridized carbons (Fsp3) is 0.571. The van der Waals surface area contributed by atoms with Gasteiger partial charge in [0.25, 0.3) is 0 Å². The van der Waals surface area contributed by atoms with Crippen LogP contribution in [0.3, 0.4) is 0 Å².